The van der Waals surface area contributed by atoms with Gasteiger partial charge in [0.15, 0.2) is 5.16 Å². The highest BCUT2D eigenvalue weighted by atomic mass is 35.5. The maximum atomic E-state index is 13.6. The monoisotopic (exact) mass is 484 g/mol. The molecule has 8 heteroatoms. The molecular weight excluding hydrogens is 467 g/mol. The standard InChI is InChI=1S/C24H18ClFN2O2S2/c1-13-9-14(2)28-24(27-13)31-12-18-11-21(17-7-8-20(26)19(25)10-17)32-22(18)15-3-5-16(6-4-15)23(29)30/h3-11H,12H2,1-2H3,(H,29,30). The number of carboxylic acids is 1. The molecule has 0 saturated heterocycles. The van der Waals surface area contributed by atoms with Crippen molar-refractivity contribution in [1.29, 1.82) is 0 Å². The van der Waals surface area contributed by atoms with Gasteiger partial charge in [-0.2, -0.15) is 0 Å². The first-order chi connectivity index (χ1) is 15.3. The molecule has 4 aromatic rings. The molecule has 162 valence electrons. The van der Waals surface area contributed by atoms with Crippen LogP contribution in [0.25, 0.3) is 20.9 Å². The summed E-state index contributed by atoms with van der Waals surface area (Å²) in [5.41, 5.74) is 4.85. The SMILES string of the molecule is Cc1cc(C)nc(SCc2cc(-c3ccc(F)c(Cl)c3)sc2-c2ccc(C(=O)O)cc2)n1. The highest BCUT2D eigenvalue weighted by Crippen LogP contribution is 2.41. The number of carbonyl (C=O) groups is 1. The van der Waals surface area contributed by atoms with Crippen molar-refractivity contribution in [3.63, 3.8) is 0 Å². The molecule has 1 N–H and O–H groups in total. The molecule has 0 fully saturated rings. The average Bonchev–Trinajstić information content (AvgIpc) is 3.18. The van der Waals surface area contributed by atoms with Crippen molar-refractivity contribution in [1.82, 2.24) is 9.97 Å². The molecule has 4 rings (SSSR count). The van der Waals surface area contributed by atoms with Crippen molar-refractivity contribution in [2.24, 2.45) is 0 Å². The van der Waals surface area contributed by atoms with Crippen molar-refractivity contribution in [2.75, 3.05) is 0 Å². The second-order valence-corrected chi connectivity index (χ2v) is 9.60. The van der Waals surface area contributed by atoms with Crippen LogP contribution in [0.4, 0.5) is 4.39 Å². The number of aryl methyl sites for hydroxylation is 2. The van der Waals surface area contributed by atoms with Crippen LogP contribution in [0.1, 0.15) is 27.3 Å². The van der Waals surface area contributed by atoms with Gasteiger partial charge in [0.05, 0.1) is 10.6 Å². The average molecular weight is 485 g/mol. The molecule has 0 aliphatic rings. The molecule has 0 bridgehead atoms. The number of thiophene rings is 1. The third kappa shape index (κ3) is 5.01. The predicted octanol–water partition coefficient (Wildman–Crippen LogP) is 7.27. The summed E-state index contributed by atoms with van der Waals surface area (Å²) in [6, 6.07) is 15.5. The Morgan fingerprint density at radius 2 is 1.69 bits per heavy atom. The van der Waals surface area contributed by atoms with Gasteiger partial charge >= 0.3 is 5.97 Å². The number of benzene rings is 2. The lowest BCUT2D eigenvalue weighted by Gasteiger charge is -2.05. The van der Waals surface area contributed by atoms with Crippen LogP contribution >= 0.6 is 34.7 Å². The second kappa shape index (κ2) is 9.40. The van der Waals surface area contributed by atoms with Crippen LogP contribution in [-0.2, 0) is 5.75 Å². The van der Waals surface area contributed by atoms with Gasteiger partial charge in [-0.05, 0) is 66.9 Å². The minimum Gasteiger partial charge on any atom is -0.478 e. The van der Waals surface area contributed by atoms with E-state index in [-0.39, 0.29) is 10.6 Å². The molecule has 4 nitrogen and oxygen atoms in total. The first kappa shape index (κ1) is 22.5. The van der Waals surface area contributed by atoms with Crippen LogP contribution in [0.5, 0.6) is 0 Å². The van der Waals surface area contributed by atoms with Crippen LogP contribution in [0, 0.1) is 19.7 Å². The summed E-state index contributed by atoms with van der Waals surface area (Å²) < 4.78 is 13.6. The van der Waals surface area contributed by atoms with Gasteiger partial charge in [0.25, 0.3) is 0 Å². The summed E-state index contributed by atoms with van der Waals surface area (Å²) >= 11 is 9.09. The number of aromatic nitrogens is 2. The molecule has 2 aromatic carbocycles. The van der Waals surface area contributed by atoms with E-state index < -0.39 is 11.8 Å². The van der Waals surface area contributed by atoms with E-state index in [1.54, 1.807) is 47.7 Å². The number of rotatable bonds is 6. The number of halogens is 2. The number of carboxylic acid groups (broad SMARTS) is 1. The van der Waals surface area contributed by atoms with Crippen LogP contribution < -0.4 is 0 Å². The van der Waals surface area contributed by atoms with Crippen molar-refractivity contribution in [3.05, 3.63) is 88.0 Å². The van der Waals surface area contributed by atoms with Gasteiger partial charge in [0.2, 0.25) is 0 Å². The van der Waals surface area contributed by atoms with E-state index in [0.29, 0.717) is 10.9 Å². The van der Waals surface area contributed by atoms with E-state index in [0.717, 1.165) is 37.8 Å². The molecule has 0 aliphatic heterocycles. The largest absolute Gasteiger partial charge is 0.478 e. The molecule has 0 aliphatic carbocycles. The molecule has 0 radical (unpaired) electrons. The van der Waals surface area contributed by atoms with Gasteiger partial charge in [-0.15, -0.1) is 11.3 Å². The Labute approximate surface area is 198 Å². The minimum absolute atomic E-state index is 0.0721. The molecule has 32 heavy (non-hydrogen) atoms. The Balaban J connectivity index is 1.72. The molecule has 0 amide bonds. The Bertz CT molecular complexity index is 1290. The third-order valence-corrected chi connectivity index (χ3v) is 7.19. The van der Waals surface area contributed by atoms with Crippen molar-refractivity contribution < 1.29 is 14.3 Å². The van der Waals surface area contributed by atoms with Crippen LogP contribution in [0.2, 0.25) is 5.02 Å². The maximum absolute atomic E-state index is 13.6. The molecule has 0 atom stereocenters. The van der Waals surface area contributed by atoms with E-state index in [4.69, 9.17) is 11.6 Å². The summed E-state index contributed by atoms with van der Waals surface area (Å²) in [6.45, 7) is 3.88. The Kier molecular flexibility index (Phi) is 6.60. The highest BCUT2D eigenvalue weighted by Gasteiger charge is 2.15. The lowest BCUT2D eigenvalue weighted by Crippen LogP contribution is -1.95. The van der Waals surface area contributed by atoms with Crippen LogP contribution in [-0.4, -0.2) is 21.0 Å². The number of hydrogen-bond donors (Lipinski definition) is 1. The van der Waals surface area contributed by atoms with Crippen LogP contribution in [0.15, 0.2) is 59.8 Å². The fourth-order valence-electron chi connectivity index (χ4n) is 3.24. The molecule has 0 spiro atoms. The van der Waals surface area contributed by atoms with Crippen molar-refractivity contribution in [3.8, 4) is 20.9 Å². The van der Waals surface area contributed by atoms with Gasteiger partial charge in [-0.25, -0.2) is 19.2 Å². The fraction of sp³-hybridized carbons (Fsp3) is 0.125. The topological polar surface area (TPSA) is 63.1 Å². The predicted molar refractivity (Wildman–Crippen MR) is 128 cm³/mol. The molecule has 0 unspecified atom stereocenters. The van der Waals surface area contributed by atoms with E-state index >= 15 is 0 Å². The molecule has 0 saturated carbocycles. The number of thioether (sulfide) groups is 1. The number of aromatic carboxylic acids is 1. The number of nitrogens with zero attached hydrogens (tertiary/aromatic N) is 2. The lowest BCUT2D eigenvalue weighted by atomic mass is 10.1. The van der Waals surface area contributed by atoms with Crippen molar-refractivity contribution in [2.45, 2.75) is 24.8 Å². The van der Waals surface area contributed by atoms with Crippen molar-refractivity contribution >= 4 is 40.7 Å². The Hall–Kier alpha value is -2.74. The highest BCUT2D eigenvalue weighted by molar-refractivity contribution is 7.98. The zero-order chi connectivity index (χ0) is 22.8. The number of hydrogen-bond acceptors (Lipinski definition) is 5. The molecule has 2 heterocycles. The minimum atomic E-state index is -0.966. The quantitative estimate of drug-likeness (QED) is 0.230. The first-order valence-corrected chi connectivity index (χ1v) is 11.8. The summed E-state index contributed by atoms with van der Waals surface area (Å²) in [7, 11) is 0. The Morgan fingerprint density at radius 3 is 2.31 bits per heavy atom. The first-order valence-electron chi connectivity index (χ1n) is 9.67. The summed E-state index contributed by atoms with van der Waals surface area (Å²) in [4.78, 5) is 22.2. The van der Waals surface area contributed by atoms with Gasteiger partial charge in [-0.3, -0.25) is 0 Å². The second-order valence-electron chi connectivity index (χ2n) is 7.20. The molecular formula is C24H18ClFN2O2S2. The fourth-order valence-corrected chi connectivity index (χ4v) is 5.62. The van der Waals surface area contributed by atoms with E-state index in [1.165, 1.54) is 17.8 Å². The Morgan fingerprint density at radius 1 is 1.03 bits per heavy atom. The lowest BCUT2D eigenvalue weighted by molar-refractivity contribution is 0.0697. The van der Waals surface area contributed by atoms with Gasteiger partial charge in [-0.1, -0.05) is 41.6 Å². The van der Waals surface area contributed by atoms with Gasteiger partial charge < -0.3 is 5.11 Å². The zero-order valence-electron chi connectivity index (χ0n) is 17.2. The summed E-state index contributed by atoms with van der Waals surface area (Å²) in [5, 5.41) is 9.97. The summed E-state index contributed by atoms with van der Waals surface area (Å²) in [6.07, 6.45) is 0. The summed E-state index contributed by atoms with van der Waals surface area (Å²) in [5.74, 6) is -0.795. The van der Waals surface area contributed by atoms with Gasteiger partial charge in [0.1, 0.15) is 5.82 Å². The smallest absolute Gasteiger partial charge is 0.335 e. The zero-order valence-corrected chi connectivity index (χ0v) is 19.6. The normalized spacial score (nSPS) is 11.0. The van der Waals surface area contributed by atoms with E-state index in [9.17, 15) is 14.3 Å². The van der Waals surface area contributed by atoms with Gasteiger partial charge in [0, 0.05) is 26.9 Å². The maximum Gasteiger partial charge on any atom is 0.335 e. The molecule has 2 aromatic heterocycles. The van der Waals surface area contributed by atoms with E-state index in [2.05, 4.69) is 16.0 Å². The third-order valence-electron chi connectivity index (χ3n) is 4.73. The van der Waals surface area contributed by atoms with Crippen LogP contribution in [0.3, 0.4) is 0 Å². The van der Waals surface area contributed by atoms with E-state index in [1.807, 2.05) is 19.9 Å².